The number of rotatable bonds is 16. The maximum Gasteiger partial charge on any atom is 0.408 e. The van der Waals surface area contributed by atoms with Gasteiger partial charge >= 0.3 is 6.09 Å². The van der Waals surface area contributed by atoms with Crippen molar-refractivity contribution < 1.29 is 19.1 Å². The number of unbranched alkanes of at least 4 members (excludes halogenated alkanes) is 6. The van der Waals surface area contributed by atoms with Crippen molar-refractivity contribution in [2.75, 3.05) is 18.8 Å². The molecule has 8 heteroatoms. The smallest absolute Gasteiger partial charge is 0.408 e. The second-order valence-corrected chi connectivity index (χ2v) is 11.5. The van der Waals surface area contributed by atoms with Crippen molar-refractivity contribution in [2.24, 2.45) is 0 Å². The average Bonchev–Trinajstić information content (AvgIpc) is 2.81. The van der Waals surface area contributed by atoms with Crippen molar-refractivity contribution in [3.8, 4) is 0 Å². The fourth-order valence-electron chi connectivity index (χ4n) is 4.39. The van der Waals surface area contributed by atoms with Crippen LogP contribution in [0, 0.1) is 13.8 Å². The number of benzene rings is 1. The Kier molecular flexibility index (Phi) is 15.5. The molecule has 2 atom stereocenters. The predicted octanol–water partition coefficient (Wildman–Crippen LogP) is 6.27. The van der Waals surface area contributed by atoms with Crippen molar-refractivity contribution in [1.82, 2.24) is 15.5 Å². The van der Waals surface area contributed by atoms with Crippen LogP contribution in [0.3, 0.4) is 0 Å². The van der Waals surface area contributed by atoms with Gasteiger partial charge in [0.15, 0.2) is 0 Å². The van der Waals surface area contributed by atoms with Gasteiger partial charge < -0.3 is 20.3 Å². The van der Waals surface area contributed by atoms with E-state index in [9.17, 15) is 14.4 Å². The highest BCUT2D eigenvalue weighted by atomic mass is 32.1. The number of hydrogen-bond donors (Lipinski definition) is 3. The van der Waals surface area contributed by atoms with Crippen LogP contribution >= 0.6 is 12.6 Å². The molecule has 2 N–H and O–H groups in total. The zero-order valence-corrected chi connectivity index (χ0v) is 25.6. The predicted molar refractivity (Wildman–Crippen MR) is 159 cm³/mol. The van der Waals surface area contributed by atoms with Crippen molar-refractivity contribution in [3.63, 3.8) is 0 Å². The SMILES string of the molecule is CCCCCCCCN(C(=O)C(CS)NC(=O)OC(C)(C)C)C(C(=O)NCCCC)c1cc(C)cc(C)c1. The van der Waals surface area contributed by atoms with E-state index in [-0.39, 0.29) is 17.6 Å². The minimum Gasteiger partial charge on any atom is -0.444 e. The molecule has 1 aromatic carbocycles. The number of hydrogen-bond acceptors (Lipinski definition) is 5. The van der Waals surface area contributed by atoms with Gasteiger partial charge in [0.05, 0.1) is 0 Å². The summed E-state index contributed by atoms with van der Waals surface area (Å²) in [5, 5.41) is 5.72. The van der Waals surface area contributed by atoms with Gasteiger partial charge in [-0.25, -0.2) is 4.79 Å². The molecule has 216 valence electrons. The van der Waals surface area contributed by atoms with Crippen molar-refractivity contribution in [2.45, 2.75) is 118 Å². The molecule has 0 bridgehead atoms. The molecule has 0 heterocycles. The molecule has 0 aromatic heterocycles. The molecule has 7 nitrogen and oxygen atoms in total. The summed E-state index contributed by atoms with van der Waals surface area (Å²) in [5.41, 5.74) is 2.12. The van der Waals surface area contributed by atoms with E-state index in [1.807, 2.05) is 26.0 Å². The maximum atomic E-state index is 14.0. The van der Waals surface area contributed by atoms with Crippen LogP contribution < -0.4 is 10.6 Å². The number of carbonyl (C=O) groups is 3. The number of ether oxygens (including phenoxy) is 1. The number of thiol groups is 1. The van der Waals surface area contributed by atoms with Crippen LogP contribution in [0.15, 0.2) is 18.2 Å². The molecule has 0 spiro atoms. The van der Waals surface area contributed by atoms with E-state index in [2.05, 4.69) is 43.2 Å². The molecule has 1 aromatic rings. The molecule has 0 aliphatic carbocycles. The maximum absolute atomic E-state index is 14.0. The summed E-state index contributed by atoms with van der Waals surface area (Å²) in [6.07, 6.45) is 7.45. The third-order valence-corrected chi connectivity index (χ3v) is 6.52. The molecule has 3 amide bonds. The van der Waals surface area contributed by atoms with Crippen molar-refractivity contribution in [3.05, 3.63) is 34.9 Å². The lowest BCUT2D eigenvalue weighted by molar-refractivity contribution is -0.142. The second-order valence-electron chi connectivity index (χ2n) is 11.1. The first-order chi connectivity index (χ1) is 17.9. The Morgan fingerprint density at radius 3 is 2.05 bits per heavy atom. The van der Waals surface area contributed by atoms with Crippen LogP contribution in [0.4, 0.5) is 4.79 Å². The Morgan fingerprint density at radius 1 is 0.921 bits per heavy atom. The highest BCUT2D eigenvalue weighted by molar-refractivity contribution is 7.80. The zero-order chi connectivity index (χ0) is 28.7. The van der Waals surface area contributed by atoms with Gasteiger partial charge in [-0.3, -0.25) is 9.59 Å². The van der Waals surface area contributed by atoms with E-state index in [0.29, 0.717) is 13.1 Å². The molecule has 38 heavy (non-hydrogen) atoms. The van der Waals surface area contributed by atoms with Crippen LogP contribution in [0.2, 0.25) is 0 Å². The molecule has 0 radical (unpaired) electrons. The summed E-state index contributed by atoms with van der Waals surface area (Å²) in [6, 6.07) is 4.25. The summed E-state index contributed by atoms with van der Waals surface area (Å²) in [4.78, 5) is 41.8. The lowest BCUT2D eigenvalue weighted by Crippen LogP contribution is -2.54. The summed E-state index contributed by atoms with van der Waals surface area (Å²) >= 11 is 4.37. The van der Waals surface area contributed by atoms with Crippen molar-refractivity contribution in [1.29, 1.82) is 0 Å². The lowest BCUT2D eigenvalue weighted by Gasteiger charge is -2.34. The van der Waals surface area contributed by atoms with Gasteiger partial charge in [-0.05, 0) is 53.0 Å². The Balaban J connectivity index is 3.36. The Bertz CT molecular complexity index is 864. The first-order valence-electron chi connectivity index (χ1n) is 14.2. The second kappa shape index (κ2) is 17.4. The molecule has 2 unspecified atom stereocenters. The number of nitrogens with one attached hydrogen (secondary N) is 2. The Labute approximate surface area is 236 Å². The van der Waals surface area contributed by atoms with Gasteiger partial charge in [0.2, 0.25) is 11.8 Å². The van der Waals surface area contributed by atoms with E-state index in [0.717, 1.165) is 61.6 Å². The van der Waals surface area contributed by atoms with Crippen LogP contribution in [0.1, 0.15) is 109 Å². The van der Waals surface area contributed by atoms with Gasteiger partial charge in [-0.15, -0.1) is 0 Å². The fraction of sp³-hybridized carbons (Fsp3) is 0.700. The number of carbonyl (C=O) groups excluding carboxylic acids is 3. The van der Waals surface area contributed by atoms with Crippen LogP contribution in [-0.4, -0.2) is 53.3 Å². The third kappa shape index (κ3) is 12.5. The highest BCUT2D eigenvalue weighted by Gasteiger charge is 2.35. The molecular formula is C30H51N3O4S. The van der Waals surface area contributed by atoms with Gasteiger partial charge in [-0.2, -0.15) is 12.6 Å². The first-order valence-corrected chi connectivity index (χ1v) is 14.8. The largest absolute Gasteiger partial charge is 0.444 e. The molecule has 0 saturated carbocycles. The topological polar surface area (TPSA) is 87.7 Å². The van der Waals surface area contributed by atoms with E-state index >= 15 is 0 Å². The van der Waals surface area contributed by atoms with Gasteiger partial charge in [0.25, 0.3) is 0 Å². The van der Waals surface area contributed by atoms with E-state index in [1.165, 1.54) is 6.42 Å². The fourth-order valence-corrected chi connectivity index (χ4v) is 4.64. The number of nitrogens with zero attached hydrogens (tertiary/aromatic N) is 1. The zero-order valence-electron chi connectivity index (χ0n) is 24.7. The molecule has 0 fully saturated rings. The molecular weight excluding hydrogens is 498 g/mol. The first kappa shape index (κ1) is 33.8. The van der Waals surface area contributed by atoms with Crippen LogP contribution in [0.25, 0.3) is 0 Å². The van der Waals surface area contributed by atoms with Gasteiger partial charge in [-0.1, -0.05) is 81.7 Å². The average molecular weight is 550 g/mol. The molecule has 0 aliphatic rings. The summed E-state index contributed by atoms with van der Waals surface area (Å²) < 4.78 is 5.39. The molecule has 1 rings (SSSR count). The minimum absolute atomic E-state index is 0.0854. The highest BCUT2D eigenvalue weighted by Crippen LogP contribution is 2.26. The number of amides is 3. The summed E-state index contributed by atoms with van der Waals surface area (Å²) in [7, 11) is 0. The standard InChI is InChI=1S/C30H51N3O4S/c1-8-10-12-13-14-15-17-33(28(35)25(21-38)32-29(36)37-30(5,6)7)26(27(34)31-16-11-9-2)24-19-22(3)18-23(4)20-24/h18-20,25-26,38H,8-17,21H2,1-7H3,(H,31,34)(H,32,36). The van der Waals surface area contributed by atoms with Gasteiger partial charge in [0, 0.05) is 18.8 Å². The van der Waals surface area contributed by atoms with E-state index in [1.54, 1.807) is 25.7 Å². The summed E-state index contributed by atoms with van der Waals surface area (Å²) in [5.74, 6) is -0.463. The molecule has 0 saturated heterocycles. The Morgan fingerprint density at radius 2 is 1.50 bits per heavy atom. The minimum atomic E-state index is -0.926. The van der Waals surface area contributed by atoms with Crippen molar-refractivity contribution >= 4 is 30.5 Å². The van der Waals surface area contributed by atoms with Crippen LogP contribution in [-0.2, 0) is 14.3 Å². The summed E-state index contributed by atoms with van der Waals surface area (Å²) in [6.45, 7) is 14.5. The third-order valence-electron chi connectivity index (χ3n) is 6.16. The van der Waals surface area contributed by atoms with Gasteiger partial charge in [0.1, 0.15) is 17.7 Å². The lowest BCUT2D eigenvalue weighted by atomic mass is 9.98. The monoisotopic (exact) mass is 549 g/mol. The quantitative estimate of drug-likeness (QED) is 0.167. The number of alkyl carbamates (subject to hydrolysis) is 1. The molecule has 0 aliphatic heterocycles. The van der Waals surface area contributed by atoms with E-state index < -0.39 is 23.8 Å². The normalized spacial score (nSPS) is 12.9. The number of aryl methyl sites for hydroxylation is 2. The van der Waals surface area contributed by atoms with E-state index in [4.69, 9.17) is 4.74 Å². The van der Waals surface area contributed by atoms with Crippen LogP contribution in [0.5, 0.6) is 0 Å². The Hall–Kier alpha value is -2.22.